The molecule has 8 nitrogen and oxygen atoms in total. The first-order chi connectivity index (χ1) is 15.0. The number of piperazine rings is 1. The lowest BCUT2D eigenvalue weighted by atomic mass is 10.2. The van der Waals surface area contributed by atoms with Crippen molar-refractivity contribution in [3.8, 4) is 17.6 Å². The van der Waals surface area contributed by atoms with E-state index in [9.17, 15) is 4.79 Å². The summed E-state index contributed by atoms with van der Waals surface area (Å²) in [7, 11) is 5.42. The Morgan fingerprint density at radius 1 is 1.19 bits per heavy atom. The van der Waals surface area contributed by atoms with Gasteiger partial charge >= 0.3 is 0 Å². The number of oxazole rings is 1. The van der Waals surface area contributed by atoms with Crippen LogP contribution in [-0.4, -0.2) is 79.6 Å². The summed E-state index contributed by atoms with van der Waals surface area (Å²) in [5, 5.41) is 0. The van der Waals surface area contributed by atoms with Crippen molar-refractivity contribution < 1.29 is 13.9 Å². The standard InChI is InChI=1S/C23H25N5O3.ClH/c1-26(2)16-21(29)28-13-11-27(12-14-28)18-7-8-19(30-3)22-23(18)31-20(25-22)9-6-17-5-4-10-24-15-17;/h4-5,7-8,10,15H,11-14,16H2,1-3H3;1H. The topological polar surface area (TPSA) is 74.9 Å². The monoisotopic (exact) mass is 455 g/mol. The fraction of sp³-hybridized carbons (Fsp3) is 0.348. The molecule has 0 aliphatic carbocycles. The average Bonchev–Trinajstić information content (AvgIpc) is 3.22. The maximum atomic E-state index is 12.3. The van der Waals surface area contributed by atoms with Gasteiger partial charge in [0.2, 0.25) is 5.91 Å². The van der Waals surface area contributed by atoms with Crippen molar-refractivity contribution in [2.45, 2.75) is 0 Å². The van der Waals surface area contributed by atoms with Crippen LogP contribution in [0.4, 0.5) is 5.69 Å². The van der Waals surface area contributed by atoms with Crippen molar-refractivity contribution >= 4 is 35.1 Å². The fourth-order valence-electron chi connectivity index (χ4n) is 3.57. The minimum Gasteiger partial charge on any atom is -0.494 e. The summed E-state index contributed by atoms with van der Waals surface area (Å²) in [4.78, 5) is 27.0. The Balaban J connectivity index is 0.00000289. The van der Waals surface area contributed by atoms with E-state index in [0.29, 0.717) is 42.4 Å². The number of ether oxygens (including phenoxy) is 1. The predicted octanol–water partition coefficient (Wildman–Crippen LogP) is 2.26. The number of pyridine rings is 1. The maximum Gasteiger partial charge on any atom is 0.274 e. The van der Waals surface area contributed by atoms with Crippen LogP contribution < -0.4 is 9.64 Å². The molecule has 0 bridgehead atoms. The van der Waals surface area contributed by atoms with E-state index in [-0.39, 0.29) is 18.3 Å². The Bertz CT molecular complexity index is 1130. The molecule has 32 heavy (non-hydrogen) atoms. The molecule has 1 aromatic carbocycles. The number of methoxy groups -OCH3 is 1. The van der Waals surface area contributed by atoms with Gasteiger partial charge in [0.1, 0.15) is 5.75 Å². The third kappa shape index (κ3) is 5.13. The molecule has 0 radical (unpaired) electrons. The Labute approximate surface area is 193 Å². The Kier molecular flexibility index (Phi) is 7.57. The summed E-state index contributed by atoms with van der Waals surface area (Å²) < 4.78 is 11.5. The SMILES string of the molecule is COc1ccc(N2CCN(C(=O)CN(C)C)CC2)c2oc(C#Cc3cccnc3)nc12.Cl. The number of rotatable bonds is 4. The number of amides is 1. The smallest absolute Gasteiger partial charge is 0.274 e. The lowest BCUT2D eigenvalue weighted by Crippen LogP contribution is -2.50. The number of carbonyl (C=O) groups excluding carboxylic acids is 1. The van der Waals surface area contributed by atoms with Crippen LogP contribution in [0.2, 0.25) is 0 Å². The zero-order valence-electron chi connectivity index (χ0n) is 18.4. The number of halogens is 1. The highest BCUT2D eigenvalue weighted by Crippen LogP contribution is 2.34. The van der Waals surface area contributed by atoms with Crippen LogP contribution in [-0.2, 0) is 4.79 Å². The van der Waals surface area contributed by atoms with Crippen molar-refractivity contribution in [1.82, 2.24) is 19.8 Å². The van der Waals surface area contributed by atoms with Gasteiger partial charge in [-0.15, -0.1) is 12.4 Å². The zero-order valence-corrected chi connectivity index (χ0v) is 19.2. The number of aromatic nitrogens is 2. The molecule has 0 unspecified atom stereocenters. The van der Waals surface area contributed by atoms with Crippen molar-refractivity contribution in [3.05, 3.63) is 48.1 Å². The first kappa shape index (κ1) is 23.4. The van der Waals surface area contributed by atoms with Crippen LogP contribution in [0, 0.1) is 11.8 Å². The van der Waals surface area contributed by atoms with Crippen LogP contribution in [0.25, 0.3) is 11.1 Å². The molecule has 1 fully saturated rings. The first-order valence-electron chi connectivity index (χ1n) is 10.1. The molecule has 4 rings (SSSR count). The number of hydrogen-bond donors (Lipinski definition) is 0. The number of benzene rings is 1. The van der Waals surface area contributed by atoms with Gasteiger partial charge in [-0.05, 0) is 44.3 Å². The summed E-state index contributed by atoms with van der Waals surface area (Å²) in [5.41, 5.74) is 3.00. The highest BCUT2D eigenvalue weighted by atomic mass is 35.5. The molecule has 1 saturated heterocycles. The van der Waals surface area contributed by atoms with Crippen LogP contribution in [0.5, 0.6) is 5.75 Å². The van der Waals surface area contributed by atoms with E-state index in [4.69, 9.17) is 9.15 Å². The highest BCUT2D eigenvalue weighted by Gasteiger charge is 2.24. The molecule has 3 heterocycles. The summed E-state index contributed by atoms with van der Waals surface area (Å²) in [6.45, 7) is 3.20. The fourth-order valence-corrected chi connectivity index (χ4v) is 3.57. The van der Waals surface area contributed by atoms with Crippen molar-refractivity contribution in [2.75, 3.05) is 58.8 Å². The average molecular weight is 456 g/mol. The maximum absolute atomic E-state index is 12.3. The molecule has 168 valence electrons. The Morgan fingerprint density at radius 2 is 1.97 bits per heavy atom. The molecule has 1 amide bonds. The lowest BCUT2D eigenvalue weighted by molar-refractivity contribution is -0.132. The first-order valence-corrected chi connectivity index (χ1v) is 10.1. The molecule has 0 atom stereocenters. The molecule has 9 heteroatoms. The van der Waals surface area contributed by atoms with E-state index in [0.717, 1.165) is 24.3 Å². The largest absolute Gasteiger partial charge is 0.494 e. The number of nitrogens with zero attached hydrogens (tertiary/aromatic N) is 5. The minimum atomic E-state index is 0. The molecule has 1 aliphatic rings. The predicted molar refractivity (Wildman–Crippen MR) is 125 cm³/mol. The van der Waals surface area contributed by atoms with Gasteiger partial charge in [-0.25, -0.2) is 0 Å². The van der Waals surface area contributed by atoms with Gasteiger partial charge in [0.15, 0.2) is 11.1 Å². The quantitative estimate of drug-likeness (QED) is 0.558. The van der Waals surface area contributed by atoms with Crippen LogP contribution in [0.3, 0.4) is 0 Å². The summed E-state index contributed by atoms with van der Waals surface area (Å²) >= 11 is 0. The molecule has 0 N–H and O–H groups in total. The van der Waals surface area contributed by atoms with Crippen LogP contribution in [0.1, 0.15) is 11.5 Å². The summed E-state index contributed by atoms with van der Waals surface area (Å²) in [5.74, 6) is 7.10. The number of fused-ring (bicyclic) bond motifs is 1. The lowest BCUT2D eigenvalue weighted by Gasteiger charge is -2.36. The molecule has 1 aliphatic heterocycles. The second-order valence-electron chi connectivity index (χ2n) is 7.58. The summed E-state index contributed by atoms with van der Waals surface area (Å²) in [6.07, 6.45) is 3.40. The van der Waals surface area contributed by atoms with Gasteiger partial charge in [0, 0.05) is 44.1 Å². The van der Waals surface area contributed by atoms with Crippen LogP contribution in [0.15, 0.2) is 41.1 Å². The number of anilines is 1. The molecule has 0 saturated carbocycles. The minimum absolute atomic E-state index is 0. The Hall–Kier alpha value is -3.28. The van der Waals surface area contributed by atoms with Crippen molar-refractivity contribution in [2.24, 2.45) is 0 Å². The highest BCUT2D eigenvalue weighted by molar-refractivity contribution is 5.92. The van der Waals surface area contributed by atoms with Gasteiger partial charge in [0.25, 0.3) is 5.89 Å². The second-order valence-corrected chi connectivity index (χ2v) is 7.58. The molecular formula is C23H26ClN5O3. The van der Waals surface area contributed by atoms with Gasteiger partial charge in [-0.1, -0.05) is 5.92 Å². The third-order valence-corrected chi connectivity index (χ3v) is 5.11. The second kappa shape index (κ2) is 10.4. The third-order valence-electron chi connectivity index (χ3n) is 5.11. The summed E-state index contributed by atoms with van der Waals surface area (Å²) in [6, 6.07) is 7.58. The van der Waals surface area contributed by atoms with Gasteiger partial charge < -0.3 is 23.9 Å². The number of carbonyl (C=O) groups is 1. The van der Waals surface area contributed by atoms with E-state index in [2.05, 4.69) is 26.7 Å². The number of hydrogen-bond acceptors (Lipinski definition) is 7. The molecular weight excluding hydrogens is 430 g/mol. The van der Waals surface area contributed by atoms with Crippen molar-refractivity contribution in [1.29, 1.82) is 0 Å². The van der Waals surface area contributed by atoms with Gasteiger partial charge in [0.05, 0.1) is 19.3 Å². The van der Waals surface area contributed by atoms with Crippen LogP contribution >= 0.6 is 12.4 Å². The zero-order chi connectivity index (χ0) is 21.8. The van der Waals surface area contributed by atoms with Gasteiger partial charge in [-0.2, -0.15) is 4.98 Å². The van der Waals surface area contributed by atoms with E-state index in [1.54, 1.807) is 19.5 Å². The molecule has 3 aromatic rings. The Morgan fingerprint density at radius 3 is 2.62 bits per heavy atom. The number of likely N-dealkylation sites (N-methyl/N-ethyl adjacent to an activating group) is 1. The molecule has 0 spiro atoms. The van der Waals surface area contributed by atoms with E-state index < -0.39 is 0 Å². The van der Waals surface area contributed by atoms with Gasteiger partial charge in [-0.3, -0.25) is 9.78 Å². The molecule has 2 aromatic heterocycles. The van der Waals surface area contributed by atoms with E-state index in [1.165, 1.54) is 0 Å². The van der Waals surface area contributed by atoms with E-state index in [1.807, 2.05) is 48.2 Å². The van der Waals surface area contributed by atoms with Crippen molar-refractivity contribution in [3.63, 3.8) is 0 Å². The van der Waals surface area contributed by atoms with E-state index >= 15 is 0 Å². The normalized spacial score (nSPS) is 13.5.